The summed E-state index contributed by atoms with van der Waals surface area (Å²) < 4.78 is 18.1. The Morgan fingerprint density at radius 1 is 1.46 bits per heavy atom. The van der Waals surface area contributed by atoms with E-state index < -0.39 is 0 Å². The average molecular weight is 183 g/mol. The first kappa shape index (κ1) is 9.99. The van der Waals surface area contributed by atoms with E-state index in [2.05, 4.69) is 0 Å². The first-order valence-corrected chi connectivity index (χ1v) is 4.33. The summed E-state index contributed by atoms with van der Waals surface area (Å²) in [5.74, 6) is 0.499. The summed E-state index contributed by atoms with van der Waals surface area (Å²) in [4.78, 5) is 0. The van der Waals surface area contributed by atoms with Crippen LogP contribution in [0.2, 0.25) is 0 Å². The topological polar surface area (TPSA) is 35.2 Å². The van der Waals surface area contributed by atoms with Gasteiger partial charge in [0.05, 0.1) is 6.61 Å². The molecule has 0 spiro atoms. The molecule has 0 heterocycles. The molecule has 0 atom stereocenters. The number of hydrogen-bond donors (Lipinski definition) is 1. The Bertz CT molecular complexity index is 276. The Morgan fingerprint density at radius 2 is 2.23 bits per heavy atom. The molecule has 0 radical (unpaired) electrons. The maximum absolute atomic E-state index is 12.8. The number of aryl methyl sites for hydroxylation is 1. The molecule has 2 nitrogen and oxygen atoms in total. The highest BCUT2D eigenvalue weighted by Crippen LogP contribution is 2.15. The highest BCUT2D eigenvalue weighted by atomic mass is 19.1. The monoisotopic (exact) mass is 183 g/mol. The van der Waals surface area contributed by atoms with Crippen molar-refractivity contribution in [1.29, 1.82) is 0 Å². The quantitative estimate of drug-likeness (QED) is 0.723. The number of nitrogens with two attached hydrogens (primary N) is 1. The van der Waals surface area contributed by atoms with E-state index in [1.165, 1.54) is 6.07 Å². The van der Waals surface area contributed by atoms with Crippen molar-refractivity contribution in [3.8, 4) is 5.75 Å². The van der Waals surface area contributed by atoms with Crippen LogP contribution >= 0.6 is 0 Å². The van der Waals surface area contributed by atoms with Gasteiger partial charge in [-0.15, -0.1) is 0 Å². The smallest absolute Gasteiger partial charge is 0.126 e. The van der Waals surface area contributed by atoms with E-state index in [1.807, 2.05) is 0 Å². The second-order valence-electron chi connectivity index (χ2n) is 2.90. The summed E-state index contributed by atoms with van der Waals surface area (Å²) in [6.07, 6.45) is 0.816. The molecule has 1 aromatic rings. The zero-order valence-corrected chi connectivity index (χ0v) is 7.72. The molecule has 1 aromatic carbocycles. The second-order valence-corrected chi connectivity index (χ2v) is 2.90. The van der Waals surface area contributed by atoms with E-state index in [9.17, 15) is 4.39 Å². The van der Waals surface area contributed by atoms with Crippen LogP contribution in [-0.4, -0.2) is 13.2 Å². The van der Waals surface area contributed by atoms with Gasteiger partial charge in [0.1, 0.15) is 11.6 Å². The average Bonchev–Trinajstić information content (AvgIpc) is 2.12. The highest BCUT2D eigenvalue weighted by molar-refractivity contribution is 5.28. The van der Waals surface area contributed by atoms with E-state index in [-0.39, 0.29) is 5.82 Å². The van der Waals surface area contributed by atoms with Crippen molar-refractivity contribution in [2.24, 2.45) is 5.73 Å². The van der Waals surface area contributed by atoms with Gasteiger partial charge >= 0.3 is 0 Å². The van der Waals surface area contributed by atoms with Crippen LogP contribution in [0.3, 0.4) is 0 Å². The van der Waals surface area contributed by atoms with Crippen molar-refractivity contribution in [2.75, 3.05) is 13.2 Å². The van der Waals surface area contributed by atoms with Crippen LogP contribution in [0.5, 0.6) is 5.75 Å². The Kier molecular flexibility index (Phi) is 3.71. The van der Waals surface area contributed by atoms with E-state index in [0.29, 0.717) is 24.5 Å². The molecule has 1 rings (SSSR count). The summed E-state index contributed by atoms with van der Waals surface area (Å²) in [5, 5.41) is 0. The number of halogens is 1. The highest BCUT2D eigenvalue weighted by Gasteiger charge is 1.98. The summed E-state index contributed by atoms with van der Waals surface area (Å²) in [6.45, 7) is 2.91. The minimum absolute atomic E-state index is 0.203. The van der Waals surface area contributed by atoms with Crippen molar-refractivity contribution in [3.63, 3.8) is 0 Å². The largest absolute Gasteiger partial charge is 0.494 e. The van der Waals surface area contributed by atoms with Crippen LogP contribution < -0.4 is 10.5 Å². The summed E-state index contributed by atoms with van der Waals surface area (Å²) in [7, 11) is 0. The number of rotatable bonds is 4. The minimum Gasteiger partial charge on any atom is -0.494 e. The molecule has 72 valence electrons. The Hall–Kier alpha value is -1.09. The van der Waals surface area contributed by atoms with Crippen molar-refractivity contribution in [3.05, 3.63) is 29.6 Å². The Labute approximate surface area is 77.5 Å². The van der Waals surface area contributed by atoms with Crippen molar-refractivity contribution in [2.45, 2.75) is 13.3 Å². The molecule has 0 fully saturated rings. The lowest BCUT2D eigenvalue weighted by Gasteiger charge is -2.05. The molecule has 0 unspecified atom stereocenters. The van der Waals surface area contributed by atoms with Crippen molar-refractivity contribution < 1.29 is 9.13 Å². The molecule has 0 aromatic heterocycles. The minimum atomic E-state index is -0.203. The molecule has 0 aliphatic rings. The van der Waals surface area contributed by atoms with Gasteiger partial charge in [0, 0.05) is 0 Å². The number of hydrogen-bond acceptors (Lipinski definition) is 2. The number of benzene rings is 1. The van der Waals surface area contributed by atoms with Crippen LogP contribution in [0.4, 0.5) is 4.39 Å². The molecular formula is C10H14FNO. The standard InChI is InChI=1S/C10H14FNO/c1-8-7-9(3-4-10(8)11)13-6-2-5-12/h3-4,7H,2,5-6,12H2,1H3. The molecule has 0 amide bonds. The number of ether oxygens (including phenoxy) is 1. The molecule has 0 aliphatic heterocycles. The fourth-order valence-corrected chi connectivity index (χ4v) is 0.980. The van der Waals surface area contributed by atoms with Gasteiger partial charge in [-0.1, -0.05) is 0 Å². The second kappa shape index (κ2) is 4.82. The zero-order chi connectivity index (χ0) is 9.68. The van der Waals surface area contributed by atoms with Gasteiger partial charge < -0.3 is 10.5 Å². The molecule has 0 saturated heterocycles. The van der Waals surface area contributed by atoms with Gasteiger partial charge in [-0.05, 0) is 43.7 Å². The fraction of sp³-hybridized carbons (Fsp3) is 0.400. The molecule has 0 saturated carbocycles. The Morgan fingerprint density at radius 3 is 2.85 bits per heavy atom. The predicted octanol–water partition coefficient (Wildman–Crippen LogP) is 1.86. The third-order valence-electron chi connectivity index (χ3n) is 1.75. The van der Waals surface area contributed by atoms with Crippen LogP contribution in [-0.2, 0) is 0 Å². The maximum atomic E-state index is 12.8. The van der Waals surface area contributed by atoms with Crippen molar-refractivity contribution in [1.82, 2.24) is 0 Å². The van der Waals surface area contributed by atoms with Gasteiger partial charge in [-0.2, -0.15) is 0 Å². The van der Waals surface area contributed by atoms with Gasteiger partial charge in [0.25, 0.3) is 0 Å². The molecule has 13 heavy (non-hydrogen) atoms. The molecule has 3 heteroatoms. The lowest BCUT2D eigenvalue weighted by atomic mass is 10.2. The Balaban J connectivity index is 2.53. The summed E-state index contributed by atoms with van der Waals surface area (Å²) in [5.41, 5.74) is 5.91. The first-order valence-electron chi connectivity index (χ1n) is 4.33. The van der Waals surface area contributed by atoms with Crippen LogP contribution in [0.15, 0.2) is 18.2 Å². The molecular weight excluding hydrogens is 169 g/mol. The third-order valence-corrected chi connectivity index (χ3v) is 1.75. The van der Waals surface area contributed by atoms with E-state index in [0.717, 1.165) is 6.42 Å². The molecule has 2 N–H and O–H groups in total. The van der Waals surface area contributed by atoms with Crippen LogP contribution in [0.1, 0.15) is 12.0 Å². The van der Waals surface area contributed by atoms with Gasteiger partial charge in [0.2, 0.25) is 0 Å². The summed E-state index contributed by atoms with van der Waals surface area (Å²) in [6, 6.07) is 4.72. The van der Waals surface area contributed by atoms with Crippen LogP contribution in [0, 0.1) is 12.7 Å². The predicted molar refractivity (Wildman–Crippen MR) is 50.3 cm³/mol. The fourth-order valence-electron chi connectivity index (χ4n) is 0.980. The normalized spacial score (nSPS) is 10.1. The lowest BCUT2D eigenvalue weighted by molar-refractivity contribution is 0.312. The van der Waals surface area contributed by atoms with Gasteiger partial charge in [0.15, 0.2) is 0 Å². The maximum Gasteiger partial charge on any atom is 0.126 e. The molecule has 0 bridgehead atoms. The summed E-state index contributed by atoms with van der Waals surface area (Å²) >= 11 is 0. The van der Waals surface area contributed by atoms with Crippen molar-refractivity contribution >= 4 is 0 Å². The molecule has 0 aliphatic carbocycles. The van der Waals surface area contributed by atoms with E-state index >= 15 is 0 Å². The third kappa shape index (κ3) is 3.03. The van der Waals surface area contributed by atoms with Gasteiger partial charge in [-0.25, -0.2) is 4.39 Å². The SMILES string of the molecule is Cc1cc(OCCCN)ccc1F. The lowest BCUT2D eigenvalue weighted by Crippen LogP contribution is -2.06. The first-order chi connectivity index (χ1) is 6.24. The van der Waals surface area contributed by atoms with E-state index in [1.54, 1.807) is 19.1 Å². The van der Waals surface area contributed by atoms with Gasteiger partial charge in [-0.3, -0.25) is 0 Å². The van der Waals surface area contributed by atoms with E-state index in [4.69, 9.17) is 10.5 Å². The zero-order valence-electron chi connectivity index (χ0n) is 7.72. The van der Waals surface area contributed by atoms with Crippen LogP contribution in [0.25, 0.3) is 0 Å².